The molecule has 5 rings (SSSR count). The van der Waals surface area contributed by atoms with Crippen molar-refractivity contribution in [3.63, 3.8) is 0 Å². The number of nitrogens with zero attached hydrogens (tertiary/aromatic N) is 7. The van der Waals surface area contributed by atoms with E-state index in [2.05, 4.69) is 20.0 Å². The molecule has 0 bridgehead atoms. The third-order valence-corrected chi connectivity index (χ3v) is 5.65. The first kappa shape index (κ1) is 15.5. The van der Waals surface area contributed by atoms with Crippen molar-refractivity contribution in [2.75, 3.05) is 24.5 Å². The molecule has 4 heterocycles. The normalized spacial score (nSPS) is 22.1. The number of rotatable bonds is 3. The van der Waals surface area contributed by atoms with Crippen LogP contribution in [0, 0.1) is 0 Å². The van der Waals surface area contributed by atoms with E-state index < -0.39 is 0 Å². The number of aromatic nitrogens is 4. The lowest BCUT2D eigenvalue weighted by Crippen LogP contribution is -2.47. The molecular weight excluding hydrogens is 334 g/mol. The van der Waals surface area contributed by atoms with Crippen molar-refractivity contribution >= 4 is 28.8 Å². The average molecular weight is 355 g/mol. The molecule has 0 radical (unpaired) electrons. The van der Waals surface area contributed by atoms with Gasteiger partial charge in [0.05, 0.1) is 11.6 Å². The highest BCUT2D eigenvalue weighted by Crippen LogP contribution is 2.33. The van der Waals surface area contributed by atoms with Crippen LogP contribution >= 0.6 is 0 Å². The fourth-order valence-electron chi connectivity index (χ4n) is 4.10. The molecule has 9 heteroatoms. The summed E-state index contributed by atoms with van der Waals surface area (Å²) in [5.41, 5.74) is 0.817. The smallest absolute Gasteiger partial charge is 0.327 e. The number of amides is 3. The molecule has 2 aromatic rings. The van der Waals surface area contributed by atoms with Gasteiger partial charge in [0.2, 0.25) is 0 Å². The summed E-state index contributed by atoms with van der Waals surface area (Å²) in [6.45, 7) is 1.83. The van der Waals surface area contributed by atoms with Crippen LogP contribution in [0.25, 0.3) is 11.0 Å². The second-order valence-electron chi connectivity index (χ2n) is 7.33. The highest BCUT2D eigenvalue weighted by molar-refractivity contribution is 6.02. The van der Waals surface area contributed by atoms with Gasteiger partial charge in [0.25, 0.3) is 5.91 Å². The summed E-state index contributed by atoms with van der Waals surface area (Å²) >= 11 is 0. The zero-order valence-electron chi connectivity index (χ0n) is 14.7. The molecule has 3 fully saturated rings. The van der Waals surface area contributed by atoms with E-state index >= 15 is 0 Å². The lowest BCUT2D eigenvalue weighted by atomic mass is 10.0. The van der Waals surface area contributed by atoms with Crippen molar-refractivity contribution in [2.45, 2.75) is 37.8 Å². The number of anilines is 1. The minimum Gasteiger partial charge on any atom is -0.356 e. The number of urea groups is 1. The van der Waals surface area contributed by atoms with Crippen LogP contribution in [0.4, 0.5) is 10.6 Å². The first-order chi connectivity index (χ1) is 12.6. The zero-order valence-corrected chi connectivity index (χ0v) is 14.7. The number of carbonyl (C=O) groups is 2. The number of piperidine rings is 1. The fraction of sp³-hybridized carbons (Fsp3) is 0.588. The molecule has 26 heavy (non-hydrogen) atoms. The SMILES string of the molecule is Cn1ncc2c(N3CCC(N4CC(=O)N(C5CC5)C4=O)CC3)ncnc21. The Balaban J connectivity index is 1.30. The highest BCUT2D eigenvalue weighted by Gasteiger charge is 2.47. The van der Waals surface area contributed by atoms with Crippen LogP contribution < -0.4 is 4.90 Å². The Bertz CT molecular complexity index is 882. The molecule has 2 aliphatic heterocycles. The Morgan fingerprint density at radius 3 is 2.54 bits per heavy atom. The number of hydrogen-bond acceptors (Lipinski definition) is 6. The van der Waals surface area contributed by atoms with Crippen molar-refractivity contribution in [3.05, 3.63) is 12.5 Å². The number of hydrogen-bond donors (Lipinski definition) is 0. The van der Waals surface area contributed by atoms with Gasteiger partial charge in [-0.2, -0.15) is 5.10 Å². The highest BCUT2D eigenvalue weighted by atomic mass is 16.2. The molecule has 1 saturated carbocycles. The Kier molecular flexibility index (Phi) is 3.38. The third-order valence-electron chi connectivity index (χ3n) is 5.65. The molecule has 2 aromatic heterocycles. The number of fused-ring (bicyclic) bond motifs is 1. The zero-order chi connectivity index (χ0) is 17.8. The van der Waals surface area contributed by atoms with Crippen molar-refractivity contribution in [3.8, 4) is 0 Å². The van der Waals surface area contributed by atoms with Gasteiger partial charge in [-0.1, -0.05) is 0 Å². The van der Waals surface area contributed by atoms with Gasteiger partial charge in [-0.15, -0.1) is 0 Å². The molecule has 0 aromatic carbocycles. The van der Waals surface area contributed by atoms with Crippen molar-refractivity contribution in [2.24, 2.45) is 7.05 Å². The van der Waals surface area contributed by atoms with E-state index in [1.54, 1.807) is 22.1 Å². The monoisotopic (exact) mass is 355 g/mol. The summed E-state index contributed by atoms with van der Waals surface area (Å²) in [5.74, 6) is 0.859. The standard InChI is InChI=1S/C17H21N7O2/c1-21-15-13(8-20-21)16(19-10-18-15)22-6-4-11(5-7-22)23-9-14(25)24(17(23)26)12-2-3-12/h8,10-12H,2-7,9H2,1H3. The van der Waals surface area contributed by atoms with Gasteiger partial charge >= 0.3 is 6.03 Å². The van der Waals surface area contributed by atoms with Gasteiger partial charge < -0.3 is 9.80 Å². The Morgan fingerprint density at radius 2 is 1.81 bits per heavy atom. The van der Waals surface area contributed by atoms with Crippen LogP contribution in [0.15, 0.2) is 12.5 Å². The molecule has 2 saturated heterocycles. The van der Waals surface area contributed by atoms with E-state index in [1.165, 1.54) is 4.90 Å². The van der Waals surface area contributed by atoms with Crippen LogP contribution in [-0.2, 0) is 11.8 Å². The summed E-state index contributed by atoms with van der Waals surface area (Å²) in [7, 11) is 1.87. The summed E-state index contributed by atoms with van der Waals surface area (Å²) < 4.78 is 1.74. The van der Waals surface area contributed by atoms with E-state index in [0.29, 0.717) is 0 Å². The fourth-order valence-corrected chi connectivity index (χ4v) is 4.10. The minimum absolute atomic E-state index is 0.0344. The predicted octanol–water partition coefficient (Wildman–Crippen LogP) is 0.759. The minimum atomic E-state index is -0.0902. The van der Waals surface area contributed by atoms with Crippen molar-refractivity contribution in [1.29, 1.82) is 0 Å². The van der Waals surface area contributed by atoms with Gasteiger partial charge in [-0.3, -0.25) is 14.4 Å². The second-order valence-corrected chi connectivity index (χ2v) is 7.33. The molecule has 0 spiro atoms. The summed E-state index contributed by atoms with van der Waals surface area (Å²) in [5, 5.41) is 5.21. The van der Waals surface area contributed by atoms with Crippen molar-refractivity contribution < 1.29 is 9.59 Å². The lowest BCUT2D eigenvalue weighted by molar-refractivity contribution is -0.125. The Morgan fingerprint density at radius 1 is 1.04 bits per heavy atom. The first-order valence-electron chi connectivity index (χ1n) is 9.14. The van der Waals surface area contributed by atoms with Crippen LogP contribution in [0.1, 0.15) is 25.7 Å². The maximum atomic E-state index is 12.6. The van der Waals surface area contributed by atoms with E-state index in [4.69, 9.17) is 0 Å². The summed E-state index contributed by atoms with van der Waals surface area (Å²) in [4.78, 5) is 39.0. The van der Waals surface area contributed by atoms with E-state index in [9.17, 15) is 9.59 Å². The van der Waals surface area contributed by atoms with Crippen LogP contribution in [0.3, 0.4) is 0 Å². The molecular formula is C17H21N7O2. The average Bonchev–Trinajstić information content (AvgIpc) is 3.35. The number of aryl methyl sites for hydroxylation is 1. The third kappa shape index (κ3) is 2.33. The van der Waals surface area contributed by atoms with Gasteiger partial charge in [-0.25, -0.2) is 14.8 Å². The molecule has 1 aliphatic carbocycles. The topological polar surface area (TPSA) is 87.5 Å². The van der Waals surface area contributed by atoms with Gasteiger partial charge in [-0.05, 0) is 25.7 Å². The van der Waals surface area contributed by atoms with E-state index in [1.807, 2.05) is 7.05 Å². The van der Waals surface area contributed by atoms with Gasteiger partial charge in [0, 0.05) is 32.2 Å². The lowest BCUT2D eigenvalue weighted by Gasteiger charge is -2.36. The molecule has 3 amide bonds. The summed E-state index contributed by atoms with van der Waals surface area (Å²) in [6, 6.07) is 0.185. The molecule has 3 aliphatic rings. The molecule has 0 atom stereocenters. The Hall–Kier alpha value is -2.71. The molecule has 9 nitrogen and oxygen atoms in total. The number of imide groups is 1. The van der Waals surface area contributed by atoms with E-state index in [-0.39, 0.29) is 30.6 Å². The maximum absolute atomic E-state index is 12.6. The largest absolute Gasteiger partial charge is 0.356 e. The van der Waals surface area contributed by atoms with Gasteiger partial charge in [0.15, 0.2) is 5.65 Å². The van der Waals surface area contributed by atoms with Gasteiger partial charge in [0.1, 0.15) is 18.7 Å². The van der Waals surface area contributed by atoms with Crippen LogP contribution in [0.2, 0.25) is 0 Å². The van der Waals surface area contributed by atoms with Crippen molar-refractivity contribution in [1.82, 2.24) is 29.5 Å². The van der Waals surface area contributed by atoms with Crippen LogP contribution in [0.5, 0.6) is 0 Å². The van der Waals surface area contributed by atoms with E-state index in [0.717, 1.165) is 55.6 Å². The quantitative estimate of drug-likeness (QED) is 0.756. The molecule has 136 valence electrons. The second kappa shape index (κ2) is 5.65. The first-order valence-corrected chi connectivity index (χ1v) is 9.14. The van der Waals surface area contributed by atoms with Crippen LogP contribution in [-0.4, -0.2) is 73.2 Å². The molecule has 0 N–H and O–H groups in total. The molecule has 0 unspecified atom stereocenters. The Labute approximate surface area is 150 Å². The number of carbonyl (C=O) groups excluding carboxylic acids is 2. The predicted molar refractivity (Wildman–Crippen MR) is 93.5 cm³/mol. The maximum Gasteiger partial charge on any atom is 0.327 e. The summed E-state index contributed by atoms with van der Waals surface area (Å²) in [6.07, 6.45) is 6.96.